The average molecular weight is 303 g/mol. The van der Waals surface area contributed by atoms with Crippen molar-refractivity contribution in [2.24, 2.45) is 0 Å². The van der Waals surface area contributed by atoms with Gasteiger partial charge < -0.3 is 15.5 Å². The Hall–Kier alpha value is -1.48. The van der Waals surface area contributed by atoms with Crippen LogP contribution in [0, 0.1) is 0 Å². The van der Waals surface area contributed by atoms with Gasteiger partial charge in [-0.2, -0.15) is 26.3 Å². The Morgan fingerprint density at radius 2 is 1.45 bits per heavy atom. The zero-order valence-corrected chi connectivity index (χ0v) is 10.0. The molecule has 0 saturated carbocycles. The first-order chi connectivity index (χ1) is 8.85. The highest BCUT2D eigenvalue weighted by Crippen LogP contribution is 2.38. The van der Waals surface area contributed by atoms with Gasteiger partial charge in [0, 0.05) is 5.69 Å². The van der Waals surface area contributed by atoms with E-state index >= 15 is 0 Å². The fourth-order valence-corrected chi connectivity index (χ4v) is 1.29. The molecular formula is C11H11F6NO2. The molecule has 1 aromatic rings. The number of alkyl halides is 6. The zero-order valence-electron chi connectivity index (χ0n) is 10.0. The second-order valence-corrected chi connectivity index (χ2v) is 4.24. The van der Waals surface area contributed by atoms with E-state index in [1.807, 2.05) is 0 Å². The standard InChI is InChI=1S/C11H11F6NO2/c1-9(20,11(15,16)17)6-2-4-7(5-3-6)18-8(19)10(12,13)14/h2-5,8,18-20H,1H3. The van der Waals surface area contributed by atoms with Crippen molar-refractivity contribution in [2.75, 3.05) is 5.32 Å². The summed E-state index contributed by atoms with van der Waals surface area (Å²) in [5.41, 5.74) is -3.89. The zero-order chi connectivity index (χ0) is 15.8. The molecule has 1 aromatic carbocycles. The first-order valence-corrected chi connectivity index (χ1v) is 5.26. The van der Waals surface area contributed by atoms with Crippen molar-refractivity contribution in [3.8, 4) is 0 Å². The summed E-state index contributed by atoms with van der Waals surface area (Å²) >= 11 is 0. The average Bonchev–Trinajstić information content (AvgIpc) is 2.26. The number of nitrogens with one attached hydrogen (secondary N) is 1. The Morgan fingerprint density at radius 1 is 1.00 bits per heavy atom. The van der Waals surface area contributed by atoms with Gasteiger partial charge in [-0.3, -0.25) is 0 Å². The third kappa shape index (κ3) is 3.54. The summed E-state index contributed by atoms with van der Waals surface area (Å²) in [6, 6.07) is 3.42. The molecule has 0 saturated heterocycles. The smallest absolute Gasteiger partial charge is 0.376 e. The van der Waals surface area contributed by atoms with E-state index in [2.05, 4.69) is 0 Å². The van der Waals surface area contributed by atoms with Crippen LogP contribution in [-0.2, 0) is 5.60 Å². The summed E-state index contributed by atoms with van der Waals surface area (Å²) < 4.78 is 73.8. The minimum absolute atomic E-state index is 0.239. The minimum Gasteiger partial charge on any atom is -0.376 e. The Bertz CT molecular complexity index is 451. The second kappa shape index (κ2) is 5.13. The van der Waals surface area contributed by atoms with Crippen LogP contribution < -0.4 is 5.32 Å². The van der Waals surface area contributed by atoms with E-state index in [4.69, 9.17) is 5.11 Å². The number of aliphatic hydroxyl groups excluding tert-OH is 1. The van der Waals surface area contributed by atoms with Gasteiger partial charge in [0.25, 0.3) is 0 Å². The number of halogens is 6. The van der Waals surface area contributed by atoms with Crippen molar-refractivity contribution in [1.82, 2.24) is 0 Å². The summed E-state index contributed by atoms with van der Waals surface area (Å²) in [5.74, 6) is 0. The fraction of sp³-hybridized carbons (Fsp3) is 0.455. The van der Waals surface area contributed by atoms with E-state index in [1.165, 1.54) is 0 Å². The fourth-order valence-electron chi connectivity index (χ4n) is 1.29. The molecule has 1 rings (SSSR count). The molecule has 0 spiro atoms. The minimum atomic E-state index is -4.92. The highest BCUT2D eigenvalue weighted by atomic mass is 19.4. The quantitative estimate of drug-likeness (QED) is 0.594. The topological polar surface area (TPSA) is 52.5 Å². The molecule has 9 heteroatoms. The normalized spacial score (nSPS) is 17.4. The highest BCUT2D eigenvalue weighted by molar-refractivity contribution is 5.46. The van der Waals surface area contributed by atoms with Gasteiger partial charge in [-0.15, -0.1) is 0 Å². The van der Waals surface area contributed by atoms with Crippen LogP contribution >= 0.6 is 0 Å². The van der Waals surface area contributed by atoms with Crippen LogP contribution in [0.4, 0.5) is 32.0 Å². The van der Waals surface area contributed by atoms with E-state index in [-0.39, 0.29) is 5.69 Å². The van der Waals surface area contributed by atoms with Crippen molar-refractivity contribution >= 4 is 5.69 Å². The van der Waals surface area contributed by atoms with E-state index < -0.39 is 29.7 Å². The van der Waals surface area contributed by atoms with Gasteiger partial charge in [0.1, 0.15) is 0 Å². The predicted molar refractivity (Wildman–Crippen MR) is 57.8 cm³/mol. The Morgan fingerprint density at radius 3 is 1.80 bits per heavy atom. The van der Waals surface area contributed by atoms with Crippen LogP contribution in [0.3, 0.4) is 0 Å². The van der Waals surface area contributed by atoms with Gasteiger partial charge in [-0.1, -0.05) is 12.1 Å². The number of aliphatic hydroxyl groups is 2. The molecule has 3 nitrogen and oxygen atoms in total. The summed E-state index contributed by atoms with van der Waals surface area (Å²) in [5, 5.41) is 19.7. The molecule has 0 bridgehead atoms. The monoisotopic (exact) mass is 303 g/mol. The first kappa shape index (κ1) is 16.6. The second-order valence-electron chi connectivity index (χ2n) is 4.24. The van der Waals surface area contributed by atoms with Gasteiger partial charge >= 0.3 is 12.4 Å². The van der Waals surface area contributed by atoms with Crippen LogP contribution in [0.25, 0.3) is 0 Å². The molecule has 20 heavy (non-hydrogen) atoms. The number of anilines is 1. The van der Waals surface area contributed by atoms with Crippen molar-refractivity contribution in [3.05, 3.63) is 29.8 Å². The molecule has 0 aromatic heterocycles. The molecule has 114 valence electrons. The summed E-state index contributed by atoms with van der Waals surface area (Å²) in [6.07, 6.45) is -12.7. The molecule has 0 aliphatic heterocycles. The van der Waals surface area contributed by atoms with Crippen molar-refractivity contribution in [3.63, 3.8) is 0 Å². The third-order valence-electron chi connectivity index (χ3n) is 2.61. The lowest BCUT2D eigenvalue weighted by molar-refractivity contribution is -0.258. The van der Waals surface area contributed by atoms with Crippen LogP contribution in [0.1, 0.15) is 12.5 Å². The van der Waals surface area contributed by atoms with Crippen molar-refractivity contribution in [2.45, 2.75) is 31.1 Å². The molecule has 2 unspecified atom stereocenters. The number of hydrogen-bond donors (Lipinski definition) is 3. The summed E-state index contributed by atoms with van der Waals surface area (Å²) in [6.45, 7) is 0.528. The SMILES string of the molecule is CC(O)(c1ccc(NC(O)C(F)(F)F)cc1)C(F)(F)F. The van der Waals surface area contributed by atoms with E-state index in [0.29, 0.717) is 6.92 Å². The van der Waals surface area contributed by atoms with Crippen molar-refractivity contribution < 1.29 is 36.6 Å². The van der Waals surface area contributed by atoms with Gasteiger partial charge in [0.05, 0.1) is 0 Å². The summed E-state index contributed by atoms with van der Waals surface area (Å²) in [7, 11) is 0. The lowest BCUT2D eigenvalue weighted by Gasteiger charge is -2.27. The van der Waals surface area contributed by atoms with E-state index in [0.717, 1.165) is 24.3 Å². The molecule has 3 N–H and O–H groups in total. The van der Waals surface area contributed by atoms with Gasteiger partial charge in [-0.05, 0) is 24.6 Å². The maximum Gasteiger partial charge on any atom is 0.433 e. The molecule has 0 fully saturated rings. The highest BCUT2D eigenvalue weighted by Gasteiger charge is 2.51. The lowest BCUT2D eigenvalue weighted by atomic mass is 9.95. The van der Waals surface area contributed by atoms with Crippen LogP contribution in [0.2, 0.25) is 0 Å². The van der Waals surface area contributed by atoms with Crippen LogP contribution in [0.5, 0.6) is 0 Å². The maximum atomic E-state index is 12.5. The van der Waals surface area contributed by atoms with Gasteiger partial charge in [0.2, 0.25) is 6.23 Å². The lowest BCUT2D eigenvalue weighted by Crippen LogP contribution is -2.39. The molecule has 0 aliphatic rings. The third-order valence-corrected chi connectivity index (χ3v) is 2.61. The van der Waals surface area contributed by atoms with E-state index in [9.17, 15) is 31.4 Å². The Labute approximate surface area is 109 Å². The molecule has 0 amide bonds. The number of rotatable bonds is 3. The van der Waals surface area contributed by atoms with Crippen LogP contribution in [0.15, 0.2) is 24.3 Å². The molecule has 0 radical (unpaired) electrons. The maximum absolute atomic E-state index is 12.5. The molecular weight excluding hydrogens is 292 g/mol. The first-order valence-electron chi connectivity index (χ1n) is 5.26. The molecule has 0 aliphatic carbocycles. The van der Waals surface area contributed by atoms with Crippen molar-refractivity contribution in [1.29, 1.82) is 0 Å². The molecule has 2 atom stereocenters. The Kier molecular flexibility index (Phi) is 4.25. The van der Waals surface area contributed by atoms with Gasteiger partial charge in [-0.25, -0.2) is 0 Å². The largest absolute Gasteiger partial charge is 0.433 e. The Balaban J connectivity index is 2.90. The van der Waals surface area contributed by atoms with Crippen LogP contribution in [-0.4, -0.2) is 28.8 Å². The molecule has 0 heterocycles. The summed E-state index contributed by atoms with van der Waals surface area (Å²) in [4.78, 5) is 0. The predicted octanol–water partition coefficient (Wildman–Crippen LogP) is 2.75. The van der Waals surface area contributed by atoms with E-state index in [1.54, 1.807) is 5.32 Å². The number of benzene rings is 1. The number of hydrogen-bond acceptors (Lipinski definition) is 3. The van der Waals surface area contributed by atoms with Gasteiger partial charge in [0.15, 0.2) is 5.60 Å².